The maximum Gasteiger partial charge on any atom is 0.251 e. The Balaban J connectivity index is 1.73. The van der Waals surface area contributed by atoms with Crippen molar-refractivity contribution in [3.8, 4) is 0 Å². The standard InChI is InChI=1S/C21H27ClN4O2/c1-2-23-21(25-13-12-19(27)16-6-4-3-5-7-16)26-15-14-24-20(28)17-8-10-18(22)11-9-17/h3-11,19,27H,2,12-15H2,1H3,(H,24,28)(H2,23,25,26). The highest BCUT2D eigenvalue weighted by molar-refractivity contribution is 6.30. The van der Waals surface area contributed by atoms with Crippen molar-refractivity contribution in [2.45, 2.75) is 19.4 Å². The summed E-state index contributed by atoms with van der Waals surface area (Å²) in [6.07, 6.45) is -0.0000515. The van der Waals surface area contributed by atoms with Crippen molar-refractivity contribution in [2.24, 2.45) is 4.99 Å². The summed E-state index contributed by atoms with van der Waals surface area (Å²) in [6.45, 7) is 4.19. The minimum Gasteiger partial charge on any atom is -0.388 e. The van der Waals surface area contributed by atoms with Crippen LogP contribution in [-0.2, 0) is 0 Å². The van der Waals surface area contributed by atoms with Crippen LogP contribution in [-0.4, -0.2) is 43.2 Å². The Morgan fingerprint density at radius 2 is 1.71 bits per heavy atom. The van der Waals surface area contributed by atoms with Gasteiger partial charge in [0.2, 0.25) is 0 Å². The first-order chi connectivity index (χ1) is 13.6. The lowest BCUT2D eigenvalue weighted by molar-refractivity contribution is 0.0954. The Hall–Kier alpha value is -2.57. The molecule has 2 aromatic rings. The van der Waals surface area contributed by atoms with Gasteiger partial charge < -0.3 is 21.1 Å². The molecule has 1 unspecified atom stereocenters. The molecular formula is C21H27ClN4O2. The number of amides is 1. The van der Waals surface area contributed by atoms with Crippen LogP contribution in [0, 0.1) is 0 Å². The molecule has 1 amide bonds. The Labute approximate surface area is 171 Å². The highest BCUT2D eigenvalue weighted by atomic mass is 35.5. The van der Waals surface area contributed by atoms with Gasteiger partial charge in [-0.25, -0.2) is 0 Å². The Kier molecular flexibility index (Phi) is 9.31. The third kappa shape index (κ3) is 7.58. The number of aliphatic hydroxyl groups is 1. The lowest BCUT2D eigenvalue weighted by Crippen LogP contribution is -2.41. The largest absolute Gasteiger partial charge is 0.388 e. The zero-order chi connectivity index (χ0) is 20.2. The van der Waals surface area contributed by atoms with Gasteiger partial charge in [-0.05, 0) is 43.2 Å². The summed E-state index contributed by atoms with van der Waals surface area (Å²) in [5, 5.41) is 20.0. The van der Waals surface area contributed by atoms with E-state index in [1.807, 2.05) is 37.3 Å². The van der Waals surface area contributed by atoms with Gasteiger partial charge in [0.15, 0.2) is 5.96 Å². The summed E-state index contributed by atoms with van der Waals surface area (Å²) in [5.74, 6) is 0.509. The number of carbonyl (C=O) groups is 1. The summed E-state index contributed by atoms with van der Waals surface area (Å²) < 4.78 is 0. The van der Waals surface area contributed by atoms with Crippen LogP contribution in [0.2, 0.25) is 5.02 Å². The first-order valence-corrected chi connectivity index (χ1v) is 9.77. The predicted octanol–water partition coefficient (Wildman–Crippen LogP) is 2.75. The second-order valence-corrected chi connectivity index (χ2v) is 6.60. The van der Waals surface area contributed by atoms with Crippen LogP contribution in [0.25, 0.3) is 0 Å². The molecule has 0 saturated heterocycles. The van der Waals surface area contributed by atoms with Gasteiger partial charge in [0, 0.05) is 36.8 Å². The van der Waals surface area contributed by atoms with Crippen molar-refractivity contribution in [1.29, 1.82) is 0 Å². The molecule has 0 radical (unpaired) electrons. The first kappa shape index (κ1) is 21.7. The van der Waals surface area contributed by atoms with Crippen LogP contribution >= 0.6 is 11.6 Å². The highest BCUT2D eigenvalue weighted by Crippen LogP contribution is 2.15. The molecule has 2 aromatic carbocycles. The third-order valence-electron chi connectivity index (χ3n) is 4.01. The number of nitrogens with zero attached hydrogens (tertiary/aromatic N) is 1. The molecule has 150 valence electrons. The van der Waals surface area contributed by atoms with Crippen LogP contribution in [0.4, 0.5) is 0 Å². The lowest BCUT2D eigenvalue weighted by atomic mass is 10.1. The van der Waals surface area contributed by atoms with Crippen LogP contribution in [0.3, 0.4) is 0 Å². The quantitative estimate of drug-likeness (QED) is 0.295. The summed E-state index contributed by atoms with van der Waals surface area (Å²) >= 11 is 5.83. The third-order valence-corrected chi connectivity index (χ3v) is 4.26. The monoisotopic (exact) mass is 402 g/mol. The summed E-state index contributed by atoms with van der Waals surface area (Å²) in [5.41, 5.74) is 1.46. The van der Waals surface area contributed by atoms with Crippen molar-refractivity contribution in [3.05, 3.63) is 70.7 Å². The fourth-order valence-corrected chi connectivity index (χ4v) is 2.67. The molecule has 6 nitrogen and oxygen atoms in total. The maximum absolute atomic E-state index is 12.1. The maximum atomic E-state index is 12.1. The molecule has 0 bridgehead atoms. The smallest absolute Gasteiger partial charge is 0.251 e. The molecule has 0 aliphatic carbocycles. The van der Waals surface area contributed by atoms with E-state index in [2.05, 4.69) is 20.9 Å². The molecule has 0 heterocycles. The van der Waals surface area contributed by atoms with Crippen molar-refractivity contribution < 1.29 is 9.90 Å². The number of halogens is 1. The van der Waals surface area contributed by atoms with Gasteiger partial charge in [-0.2, -0.15) is 0 Å². The van der Waals surface area contributed by atoms with E-state index < -0.39 is 6.10 Å². The van der Waals surface area contributed by atoms with E-state index in [9.17, 15) is 9.90 Å². The highest BCUT2D eigenvalue weighted by Gasteiger charge is 2.07. The van der Waals surface area contributed by atoms with Crippen molar-refractivity contribution in [1.82, 2.24) is 16.0 Å². The Bertz CT molecular complexity index is 751. The minimum absolute atomic E-state index is 0.147. The van der Waals surface area contributed by atoms with Crippen LogP contribution in [0.5, 0.6) is 0 Å². The van der Waals surface area contributed by atoms with E-state index in [0.717, 1.165) is 12.1 Å². The number of rotatable bonds is 9. The normalized spacial score (nSPS) is 12.3. The van der Waals surface area contributed by atoms with Gasteiger partial charge >= 0.3 is 0 Å². The van der Waals surface area contributed by atoms with Crippen LogP contribution in [0.1, 0.15) is 35.4 Å². The van der Waals surface area contributed by atoms with Crippen molar-refractivity contribution >= 4 is 23.5 Å². The molecular weight excluding hydrogens is 376 g/mol. The summed E-state index contributed by atoms with van der Waals surface area (Å²) in [6, 6.07) is 16.3. The van der Waals surface area contributed by atoms with E-state index in [4.69, 9.17) is 11.6 Å². The van der Waals surface area contributed by atoms with Gasteiger partial charge in [0.25, 0.3) is 5.91 Å². The zero-order valence-corrected chi connectivity index (χ0v) is 16.7. The van der Waals surface area contributed by atoms with Gasteiger partial charge in [0.1, 0.15) is 0 Å². The number of carbonyl (C=O) groups excluding carboxylic acids is 1. The molecule has 2 rings (SSSR count). The average Bonchev–Trinajstić information content (AvgIpc) is 2.72. The fraction of sp³-hybridized carbons (Fsp3) is 0.333. The van der Waals surface area contributed by atoms with Crippen molar-refractivity contribution in [2.75, 3.05) is 26.2 Å². The van der Waals surface area contributed by atoms with Crippen LogP contribution < -0.4 is 16.0 Å². The van der Waals surface area contributed by atoms with Crippen molar-refractivity contribution in [3.63, 3.8) is 0 Å². The number of nitrogens with one attached hydrogen (secondary N) is 3. The number of hydrogen-bond acceptors (Lipinski definition) is 3. The number of benzene rings is 2. The second-order valence-electron chi connectivity index (χ2n) is 6.17. The van der Waals surface area contributed by atoms with Gasteiger partial charge in [-0.3, -0.25) is 9.79 Å². The number of aliphatic imine (C=N–C) groups is 1. The molecule has 0 aliphatic heterocycles. The predicted molar refractivity (Wildman–Crippen MR) is 114 cm³/mol. The molecule has 0 aromatic heterocycles. The minimum atomic E-state index is -0.536. The molecule has 1 atom stereocenters. The van der Waals surface area contributed by atoms with Gasteiger partial charge in [-0.15, -0.1) is 0 Å². The number of aliphatic hydroxyl groups excluding tert-OH is 1. The summed E-state index contributed by atoms with van der Waals surface area (Å²) in [4.78, 5) is 16.5. The summed E-state index contributed by atoms with van der Waals surface area (Å²) in [7, 11) is 0. The molecule has 0 aliphatic rings. The van der Waals surface area contributed by atoms with E-state index in [1.165, 1.54) is 0 Å². The Morgan fingerprint density at radius 1 is 1.04 bits per heavy atom. The Morgan fingerprint density at radius 3 is 2.39 bits per heavy atom. The molecule has 0 saturated carbocycles. The average molecular weight is 403 g/mol. The van der Waals surface area contributed by atoms with Gasteiger partial charge in [-0.1, -0.05) is 41.9 Å². The lowest BCUT2D eigenvalue weighted by Gasteiger charge is -2.13. The number of guanidine groups is 1. The second kappa shape index (κ2) is 12.0. The molecule has 0 fully saturated rings. The fourth-order valence-electron chi connectivity index (χ4n) is 2.54. The van der Waals surface area contributed by atoms with E-state index in [-0.39, 0.29) is 5.91 Å². The van der Waals surface area contributed by atoms with E-state index >= 15 is 0 Å². The van der Waals surface area contributed by atoms with Crippen LogP contribution in [0.15, 0.2) is 59.6 Å². The zero-order valence-electron chi connectivity index (χ0n) is 16.0. The van der Waals surface area contributed by atoms with E-state index in [0.29, 0.717) is 42.6 Å². The van der Waals surface area contributed by atoms with E-state index in [1.54, 1.807) is 24.3 Å². The topological polar surface area (TPSA) is 85.8 Å². The molecule has 7 heteroatoms. The molecule has 4 N–H and O–H groups in total. The first-order valence-electron chi connectivity index (χ1n) is 9.39. The number of hydrogen-bond donors (Lipinski definition) is 4. The molecule has 28 heavy (non-hydrogen) atoms. The molecule has 0 spiro atoms. The van der Waals surface area contributed by atoms with Gasteiger partial charge in [0.05, 0.1) is 6.10 Å². The SMILES string of the molecule is CCNC(=NCCC(O)c1ccccc1)NCCNC(=O)c1ccc(Cl)cc1.